The molecular formula is C11H13BrN2O5. The van der Waals surface area contributed by atoms with Crippen LogP contribution in [0.1, 0.15) is 13.3 Å². The van der Waals surface area contributed by atoms with Crippen molar-refractivity contribution in [3.05, 3.63) is 31.5 Å². The molecule has 1 atom stereocenters. The van der Waals surface area contributed by atoms with Gasteiger partial charge in [-0.15, -0.1) is 0 Å². The van der Waals surface area contributed by atoms with Gasteiger partial charge in [-0.1, -0.05) is 0 Å². The zero-order valence-electron chi connectivity index (χ0n) is 10.3. The zero-order valence-corrected chi connectivity index (χ0v) is 11.9. The summed E-state index contributed by atoms with van der Waals surface area (Å²) in [5, 5.41) is 0. The predicted octanol–water partition coefficient (Wildman–Crippen LogP) is 0.0820. The Hall–Kier alpha value is -1.41. The summed E-state index contributed by atoms with van der Waals surface area (Å²) in [7, 11) is 0. The number of rotatable bonds is 5. The summed E-state index contributed by atoms with van der Waals surface area (Å²) in [6.07, 6.45) is 2.06. The first-order valence-corrected chi connectivity index (χ1v) is 6.53. The Morgan fingerprint density at radius 2 is 2.26 bits per heavy atom. The van der Waals surface area contributed by atoms with Gasteiger partial charge in [0.1, 0.15) is 0 Å². The standard InChI is InChI=1S/C11H13BrN2O5/c1-7(15)19-6-13-4-9(12)10(16)14(11(13)17)3-2-8-5-18-8/h4,8H,2-3,5-6H2,1H3/t8-/m0/s1. The third-order valence-corrected chi connectivity index (χ3v) is 3.22. The fourth-order valence-corrected chi connectivity index (χ4v) is 2.04. The Labute approximate surface area is 116 Å². The third-order valence-electron chi connectivity index (χ3n) is 2.68. The molecule has 0 saturated carbocycles. The van der Waals surface area contributed by atoms with Gasteiger partial charge in [0.05, 0.1) is 17.2 Å². The number of halogens is 1. The van der Waals surface area contributed by atoms with Gasteiger partial charge in [0.25, 0.3) is 5.56 Å². The smallest absolute Gasteiger partial charge is 0.333 e. The lowest BCUT2D eigenvalue weighted by Gasteiger charge is -2.10. The summed E-state index contributed by atoms with van der Waals surface area (Å²) >= 11 is 3.10. The molecule has 0 aliphatic carbocycles. The van der Waals surface area contributed by atoms with E-state index in [1.165, 1.54) is 17.7 Å². The second kappa shape index (κ2) is 5.70. The molecule has 0 aromatic carbocycles. The number of ether oxygens (including phenoxy) is 2. The minimum atomic E-state index is -0.505. The van der Waals surface area contributed by atoms with Crippen molar-refractivity contribution in [1.82, 2.24) is 9.13 Å². The van der Waals surface area contributed by atoms with Crippen molar-refractivity contribution in [2.75, 3.05) is 6.61 Å². The number of nitrogens with zero attached hydrogens (tertiary/aromatic N) is 2. The van der Waals surface area contributed by atoms with Crippen molar-refractivity contribution in [2.45, 2.75) is 32.7 Å². The molecule has 0 amide bonds. The van der Waals surface area contributed by atoms with E-state index in [1.54, 1.807) is 0 Å². The molecule has 2 rings (SSSR count). The van der Waals surface area contributed by atoms with Crippen LogP contribution in [0, 0.1) is 0 Å². The minimum Gasteiger partial charge on any atom is -0.444 e. The SMILES string of the molecule is CC(=O)OCn1cc(Br)c(=O)n(CC[C@H]2CO2)c1=O. The van der Waals surface area contributed by atoms with Crippen LogP contribution < -0.4 is 11.2 Å². The summed E-state index contributed by atoms with van der Waals surface area (Å²) in [4.78, 5) is 34.7. The topological polar surface area (TPSA) is 82.8 Å². The van der Waals surface area contributed by atoms with Crippen LogP contribution in [-0.4, -0.2) is 27.8 Å². The molecule has 2 heterocycles. The van der Waals surface area contributed by atoms with Gasteiger partial charge in [0, 0.05) is 19.7 Å². The molecule has 0 radical (unpaired) electrons. The Kier molecular flexibility index (Phi) is 4.20. The molecular weight excluding hydrogens is 320 g/mol. The van der Waals surface area contributed by atoms with Gasteiger partial charge in [-0.3, -0.25) is 18.7 Å². The van der Waals surface area contributed by atoms with Crippen LogP contribution >= 0.6 is 15.9 Å². The van der Waals surface area contributed by atoms with Crippen molar-refractivity contribution in [3.8, 4) is 0 Å². The quantitative estimate of drug-likeness (QED) is 0.563. The average Bonchev–Trinajstić information content (AvgIpc) is 3.16. The van der Waals surface area contributed by atoms with Gasteiger partial charge in [-0.25, -0.2) is 4.79 Å². The maximum Gasteiger partial charge on any atom is 0.333 e. The molecule has 0 unspecified atom stereocenters. The summed E-state index contributed by atoms with van der Waals surface area (Å²) in [5.74, 6) is -0.493. The molecule has 0 bridgehead atoms. The van der Waals surface area contributed by atoms with E-state index in [0.717, 1.165) is 4.57 Å². The molecule has 1 aromatic heterocycles. The van der Waals surface area contributed by atoms with Crippen molar-refractivity contribution in [3.63, 3.8) is 0 Å². The first-order chi connectivity index (χ1) is 8.99. The second-order valence-corrected chi connectivity index (χ2v) is 5.05. The molecule has 1 saturated heterocycles. The van der Waals surface area contributed by atoms with Crippen LogP contribution in [0.4, 0.5) is 0 Å². The van der Waals surface area contributed by atoms with Gasteiger partial charge < -0.3 is 9.47 Å². The fourth-order valence-electron chi connectivity index (χ4n) is 1.58. The van der Waals surface area contributed by atoms with E-state index in [2.05, 4.69) is 15.9 Å². The highest BCUT2D eigenvalue weighted by Crippen LogP contribution is 2.13. The number of hydrogen-bond acceptors (Lipinski definition) is 5. The number of carbonyl (C=O) groups excluding carboxylic acids is 1. The van der Waals surface area contributed by atoms with E-state index in [9.17, 15) is 14.4 Å². The first-order valence-electron chi connectivity index (χ1n) is 5.74. The maximum atomic E-state index is 12.1. The number of epoxide rings is 1. The highest BCUT2D eigenvalue weighted by molar-refractivity contribution is 9.10. The molecule has 19 heavy (non-hydrogen) atoms. The predicted molar refractivity (Wildman–Crippen MR) is 68.8 cm³/mol. The molecule has 1 aliphatic rings. The summed E-state index contributed by atoms with van der Waals surface area (Å²) in [6, 6.07) is 0. The van der Waals surface area contributed by atoms with Crippen LogP contribution in [0.15, 0.2) is 20.3 Å². The Morgan fingerprint density at radius 1 is 1.58 bits per heavy atom. The van der Waals surface area contributed by atoms with Gasteiger partial charge in [0.2, 0.25) is 0 Å². The number of esters is 1. The third kappa shape index (κ3) is 3.54. The van der Waals surface area contributed by atoms with E-state index in [1.807, 2.05) is 0 Å². The Balaban J connectivity index is 2.26. The highest BCUT2D eigenvalue weighted by atomic mass is 79.9. The second-order valence-electron chi connectivity index (χ2n) is 4.20. The Morgan fingerprint density at radius 3 is 2.84 bits per heavy atom. The van der Waals surface area contributed by atoms with Crippen molar-refractivity contribution >= 4 is 21.9 Å². The van der Waals surface area contributed by atoms with Crippen LogP contribution in [0.25, 0.3) is 0 Å². The molecule has 0 spiro atoms. The van der Waals surface area contributed by atoms with E-state index < -0.39 is 17.2 Å². The maximum absolute atomic E-state index is 12.1. The molecule has 1 aromatic rings. The summed E-state index contributed by atoms with van der Waals surface area (Å²) < 4.78 is 12.3. The summed E-state index contributed by atoms with van der Waals surface area (Å²) in [6.45, 7) is 1.99. The number of carbonyl (C=O) groups is 1. The molecule has 1 aliphatic heterocycles. The lowest BCUT2D eigenvalue weighted by molar-refractivity contribution is -0.144. The minimum absolute atomic E-state index is 0.132. The first kappa shape index (κ1) is 14.0. The molecule has 7 nitrogen and oxygen atoms in total. The number of aromatic nitrogens is 2. The van der Waals surface area contributed by atoms with Crippen LogP contribution in [0.5, 0.6) is 0 Å². The lowest BCUT2D eigenvalue weighted by atomic mass is 10.3. The van der Waals surface area contributed by atoms with E-state index in [-0.39, 0.29) is 23.9 Å². The van der Waals surface area contributed by atoms with E-state index in [4.69, 9.17) is 9.47 Å². The average molecular weight is 333 g/mol. The largest absolute Gasteiger partial charge is 0.444 e. The van der Waals surface area contributed by atoms with Crippen LogP contribution in [0.3, 0.4) is 0 Å². The molecule has 1 fully saturated rings. The molecule has 104 valence electrons. The van der Waals surface area contributed by atoms with E-state index >= 15 is 0 Å². The van der Waals surface area contributed by atoms with E-state index in [0.29, 0.717) is 13.0 Å². The molecule has 8 heteroatoms. The lowest BCUT2D eigenvalue weighted by Crippen LogP contribution is -2.40. The monoisotopic (exact) mass is 332 g/mol. The Bertz CT molecular complexity index is 602. The number of hydrogen-bond donors (Lipinski definition) is 0. The zero-order chi connectivity index (χ0) is 14.0. The highest BCUT2D eigenvalue weighted by Gasteiger charge is 2.23. The van der Waals surface area contributed by atoms with Gasteiger partial charge in [-0.2, -0.15) is 0 Å². The van der Waals surface area contributed by atoms with Gasteiger partial charge in [-0.05, 0) is 22.4 Å². The van der Waals surface area contributed by atoms with Crippen molar-refractivity contribution in [1.29, 1.82) is 0 Å². The molecule has 0 N–H and O–H groups in total. The normalized spacial score (nSPS) is 17.3. The van der Waals surface area contributed by atoms with Crippen molar-refractivity contribution < 1.29 is 14.3 Å². The fraction of sp³-hybridized carbons (Fsp3) is 0.545. The van der Waals surface area contributed by atoms with Crippen LogP contribution in [0.2, 0.25) is 0 Å². The van der Waals surface area contributed by atoms with Crippen molar-refractivity contribution in [2.24, 2.45) is 0 Å². The van der Waals surface area contributed by atoms with Gasteiger partial charge in [0.15, 0.2) is 6.73 Å². The van der Waals surface area contributed by atoms with Gasteiger partial charge >= 0.3 is 11.7 Å². The summed E-state index contributed by atoms with van der Waals surface area (Å²) in [5.41, 5.74) is -0.903. The van der Waals surface area contributed by atoms with Crippen LogP contribution in [-0.2, 0) is 27.5 Å².